The lowest BCUT2D eigenvalue weighted by Gasteiger charge is -2.28. The van der Waals surface area contributed by atoms with E-state index in [1.807, 2.05) is 6.92 Å². The lowest BCUT2D eigenvalue weighted by molar-refractivity contribution is -0.125. The van der Waals surface area contributed by atoms with Crippen LogP contribution in [0.4, 0.5) is 0 Å². The first-order valence-corrected chi connectivity index (χ1v) is 6.66. The van der Waals surface area contributed by atoms with Crippen molar-refractivity contribution >= 4 is 17.5 Å². The summed E-state index contributed by atoms with van der Waals surface area (Å²) >= 11 is 6.22. The van der Waals surface area contributed by atoms with Gasteiger partial charge in [0.2, 0.25) is 5.91 Å². The lowest BCUT2D eigenvalue weighted by Crippen LogP contribution is -2.45. The Labute approximate surface area is 102 Å². The molecule has 0 bridgehead atoms. The van der Waals surface area contributed by atoms with E-state index in [0.717, 1.165) is 19.3 Å². The normalized spacial score (nSPS) is 39.6. The Morgan fingerprint density at radius 1 is 1.38 bits per heavy atom. The second-order valence-corrected chi connectivity index (χ2v) is 5.55. The fourth-order valence-electron chi connectivity index (χ4n) is 2.55. The van der Waals surface area contributed by atoms with E-state index in [0.29, 0.717) is 6.61 Å². The highest BCUT2D eigenvalue weighted by Gasteiger charge is 2.31. The van der Waals surface area contributed by atoms with Gasteiger partial charge in [0.1, 0.15) is 0 Å². The molecule has 2 aliphatic rings. The predicted molar refractivity (Wildman–Crippen MR) is 63.6 cm³/mol. The van der Waals surface area contributed by atoms with Gasteiger partial charge in [-0.05, 0) is 26.2 Å². The maximum Gasteiger partial charge on any atom is 0.225 e. The van der Waals surface area contributed by atoms with Crippen LogP contribution in [0.5, 0.6) is 0 Å². The summed E-state index contributed by atoms with van der Waals surface area (Å²) in [6, 6.07) is 0.166. The summed E-state index contributed by atoms with van der Waals surface area (Å²) in [6.07, 6.45) is 5.45. The Kier molecular flexibility index (Phi) is 4.09. The average Bonchev–Trinajstić information content (AvgIpc) is 2.68. The molecule has 0 spiro atoms. The lowest BCUT2D eigenvalue weighted by atomic mass is 9.94. The second kappa shape index (κ2) is 5.37. The van der Waals surface area contributed by atoms with E-state index in [1.165, 1.54) is 12.8 Å². The molecule has 4 unspecified atom stereocenters. The van der Waals surface area contributed by atoms with E-state index in [9.17, 15) is 4.79 Å². The maximum absolute atomic E-state index is 12.0. The number of alkyl halides is 1. The number of hydrogen-bond donors (Lipinski definition) is 1. The van der Waals surface area contributed by atoms with Gasteiger partial charge < -0.3 is 10.1 Å². The van der Waals surface area contributed by atoms with Gasteiger partial charge in [-0.3, -0.25) is 4.79 Å². The van der Waals surface area contributed by atoms with Crippen molar-refractivity contribution in [3.05, 3.63) is 0 Å². The van der Waals surface area contributed by atoms with Crippen LogP contribution in [0.15, 0.2) is 0 Å². The summed E-state index contributed by atoms with van der Waals surface area (Å²) in [5, 5.41) is 3.19. The number of hydrogen-bond acceptors (Lipinski definition) is 2. The van der Waals surface area contributed by atoms with Crippen LogP contribution < -0.4 is 5.32 Å². The van der Waals surface area contributed by atoms with Crippen LogP contribution in [0.1, 0.15) is 39.0 Å². The second-order valence-electron chi connectivity index (χ2n) is 4.99. The Hall–Kier alpha value is -0.280. The van der Waals surface area contributed by atoms with Gasteiger partial charge in [-0.2, -0.15) is 0 Å². The smallest absolute Gasteiger partial charge is 0.225 e. The van der Waals surface area contributed by atoms with Gasteiger partial charge >= 0.3 is 0 Å². The van der Waals surface area contributed by atoms with E-state index in [-0.39, 0.29) is 29.3 Å². The third-order valence-corrected chi connectivity index (χ3v) is 4.10. The van der Waals surface area contributed by atoms with Crippen molar-refractivity contribution in [3.8, 4) is 0 Å². The number of amides is 1. The molecule has 1 heterocycles. The molecule has 4 atom stereocenters. The van der Waals surface area contributed by atoms with Gasteiger partial charge in [0.05, 0.1) is 24.0 Å². The number of halogens is 1. The Balaban J connectivity index is 1.82. The highest BCUT2D eigenvalue weighted by atomic mass is 35.5. The Morgan fingerprint density at radius 3 is 2.75 bits per heavy atom. The minimum absolute atomic E-state index is 0.0285. The standard InChI is InChI=1S/C12H20ClNO2/c1-8-6-9(7-16-8)12(15)14-11-5-3-2-4-10(11)13/h8-11H,2-7H2,1H3,(H,14,15). The fourth-order valence-corrected chi connectivity index (χ4v) is 2.89. The summed E-state index contributed by atoms with van der Waals surface area (Å²) in [5.41, 5.74) is 0. The summed E-state index contributed by atoms with van der Waals surface area (Å²) in [4.78, 5) is 12.0. The largest absolute Gasteiger partial charge is 0.378 e. The molecule has 0 aromatic carbocycles. The van der Waals surface area contributed by atoms with Gasteiger partial charge in [-0.25, -0.2) is 0 Å². The van der Waals surface area contributed by atoms with E-state index in [4.69, 9.17) is 16.3 Å². The highest BCUT2D eigenvalue weighted by Crippen LogP contribution is 2.25. The van der Waals surface area contributed by atoms with Crippen molar-refractivity contribution in [2.24, 2.45) is 5.92 Å². The Morgan fingerprint density at radius 2 is 2.12 bits per heavy atom. The molecule has 3 nitrogen and oxygen atoms in total. The molecule has 92 valence electrons. The topological polar surface area (TPSA) is 38.3 Å². The van der Waals surface area contributed by atoms with Crippen LogP contribution in [0.3, 0.4) is 0 Å². The highest BCUT2D eigenvalue weighted by molar-refractivity contribution is 6.21. The van der Waals surface area contributed by atoms with E-state index < -0.39 is 0 Å². The zero-order chi connectivity index (χ0) is 11.5. The molecule has 2 fully saturated rings. The molecule has 16 heavy (non-hydrogen) atoms. The number of ether oxygens (including phenoxy) is 1. The number of carbonyl (C=O) groups excluding carboxylic acids is 1. The third kappa shape index (κ3) is 2.89. The summed E-state index contributed by atoms with van der Waals surface area (Å²) < 4.78 is 5.41. The molecule has 1 saturated carbocycles. The van der Waals surface area contributed by atoms with Crippen LogP contribution in [0, 0.1) is 5.92 Å². The molecule has 1 amide bonds. The zero-order valence-electron chi connectivity index (χ0n) is 9.75. The molecule has 1 N–H and O–H groups in total. The van der Waals surface area contributed by atoms with Crippen LogP contribution in [-0.2, 0) is 9.53 Å². The van der Waals surface area contributed by atoms with Gasteiger partial charge in [0, 0.05) is 6.04 Å². The summed E-state index contributed by atoms with van der Waals surface area (Å²) in [5.74, 6) is 0.155. The van der Waals surface area contributed by atoms with Crippen LogP contribution >= 0.6 is 11.6 Å². The van der Waals surface area contributed by atoms with Crippen molar-refractivity contribution in [1.82, 2.24) is 5.32 Å². The zero-order valence-corrected chi connectivity index (χ0v) is 10.5. The first-order chi connectivity index (χ1) is 7.66. The molecule has 1 aliphatic heterocycles. The average molecular weight is 246 g/mol. The van der Waals surface area contributed by atoms with Gasteiger partial charge in [0.15, 0.2) is 0 Å². The van der Waals surface area contributed by atoms with Crippen molar-refractivity contribution in [1.29, 1.82) is 0 Å². The van der Waals surface area contributed by atoms with Gasteiger partial charge in [-0.1, -0.05) is 12.8 Å². The molecule has 0 aromatic heterocycles. The quantitative estimate of drug-likeness (QED) is 0.757. The maximum atomic E-state index is 12.0. The minimum atomic E-state index is 0.0285. The van der Waals surface area contributed by atoms with Crippen LogP contribution in [0.25, 0.3) is 0 Å². The van der Waals surface area contributed by atoms with Crippen LogP contribution in [-0.4, -0.2) is 30.0 Å². The van der Waals surface area contributed by atoms with Crippen molar-refractivity contribution < 1.29 is 9.53 Å². The summed E-state index contributed by atoms with van der Waals surface area (Å²) in [6.45, 7) is 2.57. The number of carbonyl (C=O) groups is 1. The Bertz CT molecular complexity index is 259. The third-order valence-electron chi connectivity index (χ3n) is 3.58. The molecule has 0 radical (unpaired) electrons. The van der Waals surface area contributed by atoms with Gasteiger partial charge in [-0.15, -0.1) is 11.6 Å². The van der Waals surface area contributed by atoms with Gasteiger partial charge in [0.25, 0.3) is 0 Å². The van der Waals surface area contributed by atoms with E-state index in [1.54, 1.807) is 0 Å². The number of rotatable bonds is 2. The molecular weight excluding hydrogens is 226 g/mol. The fraction of sp³-hybridized carbons (Fsp3) is 0.917. The molecule has 0 aromatic rings. The molecule has 2 rings (SSSR count). The number of nitrogens with one attached hydrogen (secondary N) is 1. The monoisotopic (exact) mass is 245 g/mol. The molecule has 1 aliphatic carbocycles. The van der Waals surface area contributed by atoms with Crippen molar-refractivity contribution in [2.45, 2.75) is 56.6 Å². The van der Waals surface area contributed by atoms with E-state index >= 15 is 0 Å². The van der Waals surface area contributed by atoms with E-state index in [2.05, 4.69) is 5.32 Å². The molecular formula is C12H20ClNO2. The first-order valence-electron chi connectivity index (χ1n) is 6.23. The predicted octanol–water partition coefficient (Wildman–Crippen LogP) is 2.08. The minimum Gasteiger partial charge on any atom is -0.378 e. The van der Waals surface area contributed by atoms with Crippen LogP contribution in [0.2, 0.25) is 0 Å². The van der Waals surface area contributed by atoms with Crippen molar-refractivity contribution in [3.63, 3.8) is 0 Å². The van der Waals surface area contributed by atoms with Crippen molar-refractivity contribution in [2.75, 3.05) is 6.61 Å². The first kappa shape index (κ1) is 12.2. The SMILES string of the molecule is CC1CC(C(=O)NC2CCCCC2Cl)CO1. The molecule has 4 heteroatoms. The summed E-state index contributed by atoms with van der Waals surface area (Å²) in [7, 11) is 0. The molecule has 1 saturated heterocycles.